The standard InChI is InChI=1S/C83H138O17P2/c1-5-9-13-17-21-25-29-33-36-38-41-45-48-52-56-60-64-68-81(86)94-74-79(100-83(88)70-66-62-58-54-50-46-42-39-37-34-30-26-22-18-14-10-6-2)76-98-102(91,92)96-72-77(84)71-95-101(89,90)97-75-78(99-82(87)69-65-61-57-53-49-43-32-28-24-20-16-12-8-4)73-93-80(85)67-63-59-55-51-47-44-40-35-31-27-23-19-15-11-7-3/h9-11,13-15,21-23,25-28,32-37,40-41,45,52,56,77-79,84H,5-8,12,16-20,24,29-31,38-39,42-44,46-51,53-55,57-76H2,1-4H3,(H,89,90)(H,91,92)/b13-9-,14-10-,15-11-,25-21-,26-22-,27-23-,32-28-,36-33-,37-34-,40-35-,45-41-,56-52-. The molecule has 0 amide bonds. The van der Waals surface area contributed by atoms with Gasteiger partial charge in [0, 0.05) is 25.7 Å². The molecule has 0 saturated carbocycles. The Bertz CT molecular complexity index is 2510. The lowest BCUT2D eigenvalue weighted by atomic mass is 10.1. The minimum atomic E-state index is -5.00. The van der Waals surface area contributed by atoms with Crippen molar-refractivity contribution in [2.75, 3.05) is 39.6 Å². The highest BCUT2D eigenvalue weighted by molar-refractivity contribution is 7.47. The molecule has 5 unspecified atom stereocenters. The molecule has 0 saturated heterocycles. The first kappa shape index (κ1) is 96.9. The number of unbranched alkanes of at least 4 members (excludes halogenated alkanes) is 22. The highest BCUT2D eigenvalue weighted by atomic mass is 31.2. The van der Waals surface area contributed by atoms with Gasteiger partial charge in [0.1, 0.15) is 19.3 Å². The van der Waals surface area contributed by atoms with E-state index in [0.29, 0.717) is 32.1 Å². The fourth-order valence-corrected chi connectivity index (χ4v) is 11.5. The molecule has 0 bridgehead atoms. The van der Waals surface area contributed by atoms with Gasteiger partial charge in [-0.1, -0.05) is 263 Å². The number of esters is 4. The summed E-state index contributed by atoms with van der Waals surface area (Å²) >= 11 is 0. The van der Waals surface area contributed by atoms with Gasteiger partial charge in [-0.2, -0.15) is 0 Å². The highest BCUT2D eigenvalue weighted by Crippen LogP contribution is 2.45. The molecule has 0 radical (unpaired) electrons. The third-order valence-corrected chi connectivity index (χ3v) is 17.7. The van der Waals surface area contributed by atoms with Gasteiger partial charge in [0.05, 0.1) is 26.4 Å². The lowest BCUT2D eigenvalue weighted by Crippen LogP contribution is -2.30. The zero-order valence-electron chi connectivity index (χ0n) is 63.5. The average Bonchev–Trinajstić information content (AvgIpc) is 0.959. The van der Waals surface area contributed by atoms with Crippen LogP contribution in [0.25, 0.3) is 0 Å². The highest BCUT2D eigenvalue weighted by Gasteiger charge is 2.30. The summed E-state index contributed by atoms with van der Waals surface area (Å²) < 4.78 is 68.5. The Morgan fingerprint density at radius 3 is 0.833 bits per heavy atom. The van der Waals surface area contributed by atoms with E-state index < -0.39 is 97.5 Å². The summed E-state index contributed by atoms with van der Waals surface area (Å²) in [5, 5.41) is 10.6. The number of hydrogen-bond donors (Lipinski definition) is 3. The number of rotatable bonds is 72. The van der Waals surface area contributed by atoms with Crippen molar-refractivity contribution in [3.8, 4) is 0 Å². The molecular formula is C83H138O17P2. The molecule has 5 atom stereocenters. The molecule has 3 N–H and O–H groups in total. The molecule has 0 aromatic carbocycles. The summed E-state index contributed by atoms with van der Waals surface area (Å²) in [7, 11) is -9.99. The molecule has 0 spiro atoms. The SMILES string of the molecule is CC/C=C\C/C=C\C/C=C\C/C=C\C/C=C\CCCC(=O)OCC(COP(=O)(O)OCC(O)COP(=O)(O)OCC(COC(=O)CCCCCCC/C=C\C/C=C\C/C=C\CC)OC(=O)CCCCCCC/C=C\CCCCCC)OC(=O)CCCCCCCCC/C=C\C/C=C\C/C=C\CC. The van der Waals surface area contributed by atoms with Gasteiger partial charge in [-0.3, -0.25) is 37.3 Å². The van der Waals surface area contributed by atoms with E-state index >= 15 is 0 Å². The second-order valence-electron chi connectivity index (χ2n) is 25.5. The fraction of sp³-hybridized carbons (Fsp3) is 0.663. The van der Waals surface area contributed by atoms with Crippen LogP contribution in [-0.2, 0) is 65.4 Å². The number of phosphoric acid groups is 2. The number of aliphatic hydroxyl groups is 1. The number of phosphoric ester groups is 2. The number of allylic oxidation sites excluding steroid dienone is 24. The Hall–Kier alpha value is -5.06. The molecule has 0 aromatic heterocycles. The van der Waals surface area contributed by atoms with Gasteiger partial charge in [-0.15, -0.1) is 0 Å². The van der Waals surface area contributed by atoms with E-state index in [4.69, 9.17) is 37.0 Å². The van der Waals surface area contributed by atoms with Crippen molar-refractivity contribution in [1.82, 2.24) is 0 Å². The van der Waals surface area contributed by atoms with Gasteiger partial charge in [0.2, 0.25) is 0 Å². The van der Waals surface area contributed by atoms with Gasteiger partial charge < -0.3 is 33.8 Å². The first-order valence-electron chi connectivity index (χ1n) is 39.1. The monoisotopic (exact) mass is 1470 g/mol. The van der Waals surface area contributed by atoms with Crippen LogP contribution in [0, 0.1) is 0 Å². The van der Waals surface area contributed by atoms with E-state index in [0.717, 1.165) is 186 Å². The molecule has 582 valence electrons. The normalized spacial score (nSPS) is 14.7. The Labute approximate surface area is 617 Å². The van der Waals surface area contributed by atoms with Crippen LogP contribution in [0.5, 0.6) is 0 Å². The predicted octanol–water partition coefficient (Wildman–Crippen LogP) is 22.7. The molecule has 0 aromatic rings. The fourth-order valence-electron chi connectivity index (χ4n) is 9.93. The van der Waals surface area contributed by atoms with Crippen molar-refractivity contribution in [2.24, 2.45) is 0 Å². The molecule has 0 rings (SSSR count). The van der Waals surface area contributed by atoms with Crippen LogP contribution < -0.4 is 0 Å². The van der Waals surface area contributed by atoms with Crippen molar-refractivity contribution in [1.29, 1.82) is 0 Å². The summed E-state index contributed by atoms with van der Waals surface area (Å²) in [5.41, 5.74) is 0. The molecule has 19 heteroatoms. The van der Waals surface area contributed by atoms with Crippen LogP contribution >= 0.6 is 15.6 Å². The zero-order valence-corrected chi connectivity index (χ0v) is 65.3. The number of aliphatic hydroxyl groups excluding tert-OH is 1. The second kappa shape index (κ2) is 74.2. The van der Waals surface area contributed by atoms with Crippen LogP contribution in [0.2, 0.25) is 0 Å². The molecule has 0 aliphatic rings. The Morgan fingerprint density at radius 1 is 0.284 bits per heavy atom. The third-order valence-electron chi connectivity index (χ3n) is 15.8. The molecule has 102 heavy (non-hydrogen) atoms. The van der Waals surface area contributed by atoms with Gasteiger partial charge in [-0.05, 0) is 154 Å². The second-order valence-corrected chi connectivity index (χ2v) is 28.4. The third kappa shape index (κ3) is 73.3. The summed E-state index contributed by atoms with van der Waals surface area (Å²) in [5.74, 6) is -2.29. The number of ether oxygens (including phenoxy) is 4. The van der Waals surface area contributed by atoms with Crippen LogP contribution in [0.15, 0.2) is 146 Å². The van der Waals surface area contributed by atoms with Crippen LogP contribution in [0.4, 0.5) is 0 Å². The van der Waals surface area contributed by atoms with Crippen molar-refractivity contribution in [3.05, 3.63) is 146 Å². The first-order chi connectivity index (χ1) is 49.7. The zero-order chi connectivity index (χ0) is 74.6. The van der Waals surface area contributed by atoms with Crippen molar-refractivity contribution < 1.29 is 80.2 Å². The smallest absolute Gasteiger partial charge is 0.462 e. The summed E-state index contributed by atoms with van der Waals surface area (Å²) in [6.45, 7) is 4.42. The van der Waals surface area contributed by atoms with Gasteiger partial charge in [0.25, 0.3) is 0 Å². The Morgan fingerprint density at radius 2 is 0.520 bits per heavy atom. The molecule has 0 aliphatic heterocycles. The van der Waals surface area contributed by atoms with E-state index in [-0.39, 0.29) is 25.7 Å². The average molecular weight is 1470 g/mol. The van der Waals surface area contributed by atoms with E-state index in [9.17, 15) is 43.2 Å². The van der Waals surface area contributed by atoms with Crippen LogP contribution in [0.3, 0.4) is 0 Å². The molecule has 0 fully saturated rings. The van der Waals surface area contributed by atoms with Crippen molar-refractivity contribution in [3.63, 3.8) is 0 Å². The van der Waals surface area contributed by atoms with Crippen LogP contribution in [-0.4, -0.2) is 96.7 Å². The Kier molecular flexibility index (Phi) is 70.5. The molecule has 17 nitrogen and oxygen atoms in total. The largest absolute Gasteiger partial charge is 0.472 e. The summed E-state index contributed by atoms with van der Waals surface area (Å²) in [4.78, 5) is 72.9. The van der Waals surface area contributed by atoms with Gasteiger partial charge in [-0.25, -0.2) is 9.13 Å². The van der Waals surface area contributed by atoms with Crippen molar-refractivity contribution in [2.45, 2.75) is 316 Å². The minimum Gasteiger partial charge on any atom is -0.462 e. The minimum absolute atomic E-state index is 0.0668. The maximum absolute atomic E-state index is 13.1. The van der Waals surface area contributed by atoms with E-state index in [2.05, 4.69) is 161 Å². The maximum Gasteiger partial charge on any atom is 0.472 e. The molecular weight excluding hydrogens is 1330 g/mol. The maximum atomic E-state index is 13.1. The van der Waals surface area contributed by atoms with Crippen molar-refractivity contribution >= 4 is 39.5 Å². The first-order valence-corrected chi connectivity index (χ1v) is 42.1. The van der Waals surface area contributed by atoms with E-state index in [1.807, 2.05) is 12.2 Å². The number of hydrogen-bond acceptors (Lipinski definition) is 15. The number of carbonyl (C=O) groups is 4. The van der Waals surface area contributed by atoms with Gasteiger partial charge in [0.15, 0.2) is 12.2 Å². The topological polar surface area (TPSA) is 237 Å². The lowest BCUT2D eigenvalue weighted by Gasteiger charge is -2.21. The predicted molar refractivity (Wildman–Crippen MR) is 417 cm³/mol. The molecule has 0 aliphatic carbocycles. The number of carbonyl (C=O) groups excluding carboxylic acids is 4. The van der Waals surface area contributed by atoms with Crippen LogP contribution in [0.1, 0.15) is 297 Å². The van der Waals surface area contributed by atoms with Gasteiger partial charge >= 0.3 is 39.5 Å². The lowest BCUT2D eigenvalue weighted by molar-refractivity contribution is -0.161. The summed E-state index contributed by atoms with van der Waals surface area (Å²) in [6, 6.07) is 0. The van der Waals surface area contributed by atoms with E-state index in [1.165, 1.54) is 25.7 Å². The quantitative estimate of drug-likeness (QED) is 0.0169. The Balaban J connectivity index is 5.44. The molecule has 0 heterocycles. The summed E-state index contributed by atoms with van der Waals surface area (Å²) in [6.07, 6.45) is 84.1. The van der Waals surface area contributed by atoms with E-state index in [1.54, 1.807) is 0 Å².